The van der Waals surface area contributed by atoms with Crippen LogP contribution in [0.3, 0.4) is 0 Å². The summed E-state index contributed by atoms with van der Waals surface area (Å²) in [4.78, 5) is 10.2. The molecule has 1 fully saturated rings. The number of anilines is 1. The molecule has 0 amide bonds. The van der Waals surface area contributed by atoms with Crippen LogP contribution < -0.4 is 5.32 Å². The molecule has 1 atom stereocenters. The number of ether oxygens (including phenoxy) is 1. The number of aliphatic carboxylic acids is 1. The molecule has 24 heavy (non-hydrogen) atoms. The Labute approximate surface area is 139 Å². The van der Waals surface area contributed by atoms with Gasteiger partial charge in [0.25, 0.3) is 0 Å². The molecule has 0 bridgehead atoms. The van der Waals surface area contributed by atoms with Gasteiger partial charge in [0.2, 0.25) is 0 Å². The van der Waals surface area contributed by atoms with Gasteiger partial charge in [-0.3, -0.25) is 0 Å². The molecule has 0 aromatic heterocycles. The standard InChI is InChI=1S/C15H18F3NO4S/c16-15(17,18)24(22)13-7-3-11(4-8-13)19-10-1-5-12(6-2-10)23-9-14(20)21/h3-4,7-8,10,12,19H,1-2,5-6,9H2,(H,20,21). The van der Waals surface area contributed by atoms with E-state index >= 15 is 0 Å². The Morgan fingerprint density at radius 1 is 1.21 bits per heavy atom. The van der Waals surface area contributed by atoms with E-state index in [4.69, 9.17) is 9.84 Å². The van der Waals surface area contributed by atoms with Gasteiger partial charge >= 0.3 is 11.5 Å². The van der Waals surface area contributed by atoms with Gasteiger partial charge in [0.15, 0.2) is 10.8 Å². The molecule has 0 aliphatic heterocycles. The van der Waals surface area contributed by atoms with E-state index < -0.39 is 22.3 Å². The average molecular weight is 365 g/mol. The van der Waals surface area contributed by atoms with Gasteiger partial charge in [-0.1, -0.05) is 0 Å². The van der Waals surface area contributed by atoms with E-state index in [0.29, 0.717) is 5.69 Å². The number of carboxylic acids is 1. The van der Waals surface area contributed by atoms with Gasteiger partial charge in [0, 0.05) is 16.6 Å². The zero-order chi connectivity index (χ0) is 17.7. The lowest BCUT2D eigenvalue weighted by atomic mass is 9.93. The topological polar surface area (TPSA) is 75.6 Å². The van der Waals surface area contributed by atoms with Crippen molar-refractivity contribution in [2.24, 2.45) is 0 Å². The molecule has 1 unspecified atom stereocenters. The lowest BCUT2D eigenvalue weighted by molar-refractivity contribution is -0.145. The molecular formula is C15H18F3NO4S. The number of rotatable bonds is 6. The molecule has 1 aliphatic carbocycles. The third kappa shape index (κ3) is 5.48. The number of hydrogen-bond acceptors (Lipinski definition) is 4. The van der Waals surface area contributed by atoms with Crippen LogP contribution in [-0.2, 0) is 20.3 Å². The van der Waals surface area contributed by atoms with Crippen LogP contribution in [0.5, 0.6) is 0 Å². The molecule has 134 valence electrons. The van der Waals surface area contributed by atoms with Crippen molar-refractivity contribution in [3.8, 4) is 0 Å². The summed E-state index contributed by atoms with van der Waals surface area (Å²) in [6, 6.07) is 5.51. The summed E-state index contributed by atoms with van der Waals surface area (Å²) < 4.78 is 53.7. The second kappa shape index (κ2) is 7.98. The number of carbonyl (C=O) groups is 1. The zero-order valence-electron chi connectivity index (χ0n) is 12.7. The second-order valence-corrected chi connectivity index (χ2v) is 7.03. The van der Waals surface area contributed by atoms with E-state index in [1.807, 2.05) is 0 Å². The van der Waals surface area contributed by atoms with E-state index in [1.54, 1.807) is 0 Å². The van der Waals surface area contributed by atoms with E-state index in [-0.39, 0.29) is 23.6 Å². The van der Waals surface area contributed by atoms with Crippen molar-refractivity contribution >= 4 is 22.5 Å². The Morgan fingerprint density at radius 3 is 2.29 bits per heavy atom. The SMILES string of the molecule is O=C(O)COC1CCC(Nc2ccc(S(=O)C(F)(F)F)cc2)CC1. The number of benzene rings is 1. The molecule has 1 aromatic carbocycles. The highest BCUT2D eigenvalue weighted by molar-refractivity contribution is 7.86. The molecular weight excluding hydrogens is 347 g/mol. The van der Waals surface area contributed by atoms with Crippen molar-refractivity contribution in [2.75, 3.05) is 11.9 Å². The summed E-state index contributed by atoms with van der Waals surface area (Å²) in [5.74, 6) is -0.994. The first-order valence-corrected chi connectivity index (χ1v) is 8.59. The van der Waals surface area contributed by atoms with Crippen LogP contribution in [0.15, 0.2) is 29.2 Å². The Kier molecular flexibility index (Phi) is 6.22. The largest absolute Gasteiger partial charge is 0.480 e. The van der Waals surface area contributed by atoms with Gasteiger partial charge in [-0.05, 0) is 49.9 Å². The summed E-state index contributed by atoms with van der Waals surface area (Å²) in [5, 5.41) is 11.8. The maximum atomic E-state index is 12.4. The van der Waals surface area contributed by atoms with E-state index in [2.05, 4.69) is 5.32 Å². The van der Waals surface area contributed by atoms with Gasteiger partial charge < -0.3 is 15.2 Å². The second-order valence-electron chi connectivity index (χ2n) is 5.56. The molecule has 2 rings (SSSR count). The predicted octanol–water partition coefficient (Wildman–Crippen LogP) is 3.14. The first kappa shape index (κ1) is 18.7. The molecule has 0 spiro atoms. The van der Waals surface area contributed by atoms with Crippen molar-refractivity contribution in [2.45, 2.75) is 48.2 Å². The van der Waals surface area contributed by atoms with Gasteiger partial charge in [-0.25, -0.2) is 9.00 Å². The van der Waals surface area contributed by atoms with Crippen LogP contribution in [0.2, 0.25) is 0 Å². The molecule has 1 saturated carbocycles. The molecule has 0 saturated heterocycles. The first-order valence-electron chi connectivity index (χ1n) is 7.44. The fourth-order valence-electron chi connectivity index (χ4n) is 2.61. The zero-order valence-corrected chi connectivity index (χ0v) is 13.5. The van der Waals surface area contributed by atoms with Crippen molar-refractivity contribution in [3.63, 3.8) is 0 Å². The van der Waals surface area contributed by atoms with Crippen molar-refractivity contribution in [1.29, 1.82) is 0 Å². The minimum Gasteiger partial charge on any atom is -0.480 e. The minimum atomic E-state index is -4.76. The number of nitrogens with one attached hydrogen (secondary N) is 1. The molecule has 0 radical (unpaired) electrons. The normalized spacial score (nSPS) is 22.8. The van der Waals surface area contributed by atoms with Crippen LogP contribution in [0, 0.1) is 0 Å². The maximum Gasteiger partial charge on any atom is 0.475 e. The quantitative estimate of drug-likeness (QED) is 0.810. The lowest BCUT2D eigenvalue weighted by Gasteiger charge is -2.29. The Balaban J connectivity index is 1.83. The smallest absolute Gasteiger partial charge is 0.475 e. The van der Waals surface area contributed by atoms with E-state index in [1.165, 1.54) is 24.3 Å². The fraction of sp³-hybridized carbons (Fsp3) is 0.533. The van der Waals surface area contributed by atoms with Gasteiger partial charge in [0.05, 0.1) is 6.10 Å². The summed E-state index contributed by atoms with van der Waals surface area (Å²) in [6.45, 7) is -0.305. The third-order valence-electron chi connectivity index (χ3n) is 3.77. The maximum absolute atomic E-state index is 12.4. The number of halogens is 3. The van der Waals surface area contributed by atoms with Crippen molar-refractivity contribution in [3.05, 3.63) is 24.3 Å². The Morgan fingerprint density at radius 2 is 1.79 bits per heavy atom. The van der Waals surface area contributed by atoms with Gasteiger partial charge in [0.1, 0.15) is 6.61 Å². The fourth-order valence-corrected chi connectivity index (χ4v) is 3.26. The van der Waals surface area contributed by atoms with Crippen molar-refractivity contribution in [1.82, 2.24) is 0 Å². The van der Waals surface area contributed by atoms with Crippen LogP contribution >= 0.6 is 0 Å². The summed E-state index contributed by atoms with van der Waals surface area (Å²) in [6.07, 6.45) is 2.93. The highest BCUT2D eigenvalue weighted by Gasteiger charge is 2.37. The average Bonchev–Trinajstić information content (AvgIpc) is 2.53. The number of carboxylic acid groups (broad SMARTS) is 1. The third-order valence-corrected chi connectivity index (χ3v) is 4.89. The van der Waals surface area contributed by atoms with Gasteiger partial charge in [-0.15, -0.1) is 0 Å². The lowest BCUT2D eigenvalue weighted by Crippen LogP contribution is -2.30. The molecule has 1 aromatic rings. The number of alkyl halides is 3. The number of hydrogen-bond donors (Lipinski definition) is 2. The Hall–Kier alpha value is -1.61. The molecule has 0 heterocycles. The van der Waals surface area contributed by atoms with Crippen LogP contribution in [-0.4, -0.2) is 39.5 Å². The van der Waals surface area contributed by atoms with Crippen molar-refractivity contribution < 1.29 is 32.0 Å². The Bertz CT molecular complexity index is 583. The highest BCUT2D eigenvalue weighted by atomic mass is 32.2. The molecule has 5 nitrogen and oxygen atoms in total. The summed E-state index contributed by atoms with van der Waals surface area (Å²) in [5.41, 5.74) is -4.10. The van der Waals surface area contributed by atoms with Crippen LogP contribution in [0.4, 0.5) is 18.9 Å². The van der Waals surface area contributed by atoms with E-state index in [0.717, 1.165) is 25.7 Å². The monoisotopic (exact) mass is 365 g/mol. The highest BCUT2D eigenvalue weighted by Crippen LogP contribution is 2.28. The molecule has 2 N–H and O–H groups in total. The molecule has 1 aliphatic rings. The first-order chi connectivity index (χ1) is 11.3. The van der Waals surface area contributed by atoms with Gasteiger partial charge in [-0.2, -0.15) is 13.2 Å². The van der Waals surface area contributed by atoms with Crippen LogP contribution in [0.25, 0.3) is 0 Å². The van der Waals surface area contributed by atoms with Crippen LogP contribution in [0.1, 0.15) is 25.7 Å². The predicted molar refractivity (Wildman–Crippen MR) is 82.2 cm³/mol. The summed E-state index contributed by atoms with van der Waals surface area (Å²) in [7, 11) is -3.02. The molecule has 9 heteroatoms. The summed E-state index contributed by atoms with van der Waals surface area (Å²) >= 11 is 0. The minimum absolute atomic E-state index is 0.0734. The van der Waals surface area contributed by atoms with E-state index in [9.17, 15) is 22.2 Å².